The van der Waals surface area contributed by atoms with Gasteiger partial charge in [-0.15, -0.1) is 0 Å². The first kappa shape index (κ1) is 20.8. The van der Waals surface area contributed by atoms with Gasteiger partial charge in [0.25, 0.3) is 5.91 Å². The van der Waals surface area contributed by atoms with Crippen molar-refractivity contribution >= 4 is 34.5 Å². The number of benzene rings is 1. The molecule has 0 spiro atoms. The van der Waals surface area contributed by atoms with E-state index in [1.54, 1.807) is 36.2 Å². The number of aromatic nitrogens is 2. The quantitative estimate of drug-likeness (QED) is 0.588. The summed E-state index contributed by atoms with van der Waals surface area (Å²) in [4.78, 5) is 38.2. The molecule has 2 amide bonds. The summed E-state index contributed by atoms with van der Waals surface area (Å²) in [6.07, 6.45) is 3.74. The van der Waals surface area contributed by atoms with E-state index >= 15 is 0 Å². The molecular formula is C23H23ClN4O4. The van der Waals surface area contributed by atoms with Gasteiger partial charge in [0.1, 0.15) is 11.6 Å². The van der Waals surface area contributed by atoms with Crippen molar-refractivity contribution in [2.45, 2.75) is 38.3 Å². The maximum Gasteiger partial charge on any atom is 0.254 e. The van der Waals surface area contributed by atoms with Crippen LogP contribution in [0.25, 0.3) is 11.1 Å². The van der Waals surface area contributed by atoms with Gasteiger partial charge in [-0.3, -0.25) is 14.6 Å². The van der Waals surface area contributed by atoms with Crippen LogP contribution in [0.2, 0.25) is 5.02 Å². The van der Waals surface area contributed by atoms with Crippen molar-refractivity contribution in [3.63, 3.8) is 0 Å². The molecule has 166 valence electrons. The maximum atomic E-state index is 13.3. The third-order valence-corrected chi connectivity index (χ3v) is 6.50. The van der Waals surface area contributed by atoms with E-state index in [0.717, 1.165) is 18.7 Å². The molecule has 2 fully saturated rings. The molecule has 1 aromatic carbocycles. The van der Waals surface area contributed by atoms with E-state index in [1.165, 1.54) is 7.11 Å². The Kier molecular flexibility index (Phi) is 5.25. The van der Waals surface area contributed by atoms with Crippen LogP contribution in [0.5, 0.6) is 5.75 Å². The molecule has 2 atom stereocenters. The number of carbonyl (C=O) groups is 2. The number of rotatable bonds is 5. The lowest BCUT2D eigenvalue weighted by Gasteiger charge is -2.50. The highest BCUT2D eigenvalue weighted by Crippen LogP contribution is 2.32. The van der Waals surface area contributed by atoms with Gasteiger partial charge in [-0.05, 0) is 44.0 Å². The van der Waals surface area contributed by atoms with Gasteiger partial charge < -0.3 is 19.0 Å². The molecule has 0 radical (unpaired) electrons. The number of nitrogens with zero attached hydrogens (tertiary/aromatic N) is 4. The number of oxazole rings is 1. The lowest BCUT2D eigenvalue weighted by molar-refractivity contribution is -0.150. The number of hydrogen-bond donors (Lipinski definition) is 0. The lowest BCUT2D eigenvalue weighted by atomic mass is 9.95. The molecule has 32 heavy (non-hydrogen) atoms. The number of ether oxygens (including phenoxy) is 1. The fraction of sp³-hybridized carbons (Fsp3) is 0.391. The summed E-state index contributed by atoms with van der Waals surface area (Å²) >= 11 is 6.03. The Morgan fingerprint density at radius 2 is 2.16 bits per heavy atom. The van der Waals surface area contributed by atoms with Gasteiger partial charge in [-0.1, -0.05) is 11.6 Å². The minimum atomic E-state index is -0.487. The number of amides is 2. The van der Waals surface area contributed by atoms with Crippen molar-refractivity contribution in [3.8, 4) is 5.75 Å². The second-order valence-corrected chi connectivity index (χ2v) is 8.64. The van der Waals surface area contributed by atoms with Gasteiger partial charge in [-0.25, -0.2) is 4.98 Å². The van der Waals surface area contributed by atoms with Crippen LogP contribution in [0.4, 0.5) is 0 Å². The molecule has 0 N–H and O–H groups in total. The third kappa shape index (κ3) is 3.58. The minimum Gasteiger partial charge on any atom is -0.493 e. The lowest BCUT2D eigenvalue weighted by Crippen LogP contribution is -2.67. The highest BCUT2D eigenvalue weighted by Gasteiger charge is 2.44. The second-order valence-electron chi connectivity index (χ2n) is 8.21. The Hall–Kier alpha value is -3.13. The molecular weight excluding hydrogens is 432 g/mol. The normalized spacial score (nSPS) is 20.3. The number of methoxy groups -OCH3 is 1. The largest absolute Gasteiger partial charge is 0.493 e. The predicted octanol–water partition coefficient (Wildman–Crippen LogP) is 3.12. The van der Waals surface area contributed by atoms with Gasteiger partial charge in [0.15, 0.2) is 17.2 Å². The van der Waals surface area contributed by atoms with Crippen LogP contribution in [-0.2, 0) is 17.6 Å². The maximum absolute atomic E-state index is 13.3. The van der Waals surface area contributed by atoms with Crippen LogP contribution in [-0.4, -0.2) is 63.9 Å². The van der Waals surface area contributed by atoms with Crippen molar-refractivity contribution in [3.05, 3.63) is 52.6 Å². The number of fused-ring (bicyclic) bond motifs is 2. The van der Waals surface area contributed by atoms with Crippen molar-refractivity contribution < 1.29 is 18.7 Å². The van der Waals surface area contributed by atoms with Gasteiger partial charge in [-0.2, -0.15) is 0 Å². The molecule has 0 bridgehead atoms. The van der Waals surface area contributed by atoms with Crippen LogP contribution in [0, 0.1) is 0 Å². The van der Waals surface area contributed by atoms with Crippen LogP contribution >= 0.6 is 11.6 Å². The molecule has 2 aliphatic rings. The average molecular weight is 455 g/mol. The van der Waals surface area contributed by atoms with Crippen LogP contribution < -0.4 is 4.74 Å². The van der Waals surface area contributed by atoms with Crippen LogP contribution in [0.1, 0.15) is 35.3 Å². The zero-order valence-corrected chi connectivity index (χ0v) is 18.6. The summed E-state index contributed by atoms with van der Waals surface area (Å²) < 4.78 is 11.4. The fourth-order valence-electron chi connectivity index (χ4n) is 4.35. The van der Waals surface area contributed by atoms with E-state index in [1.807, 2.05) is 11.0 Å². The number of hydrogen-bond acceptors (Lipinski definition) is 6. The monoisotopic (exact) mass is 454 g/mol. The molecule has 2 unspecified atom stereocenters. The van der Waals surface area contributed by atoms with Gasteiger partial charge in [0.2, 0.25) is 5.91 Å². The molecule has 5 rings (SSSR count). The summed E-state index contributed by atoms with van der Waals surface area (Å²) in [5, 5.41) is 0.632. The standard InChI is InChI=1S/C23H23ClN4O4/c1-13-22(29)27-8-6-17(27)12-28(13)23(30)14-9-18-21(19(10-14)31-2)32-20(26-18)4-3-16-11-15(24)5-7-25-16/h5,7,9-11,13,17H,3-4,6,8,12H2,1-2H3. The molecule has 8 nitrogen and oxygen atoms in total. The Labute approximate surface area is 190 Å². The second kappa shape index (κ2) is 8.09. The van der Waals surface area contributed by atoms with Gasteiger partial charge in [0.05, 0.1) is 13.2 Å². The number of pyridine rings is 1. The molecule has 3 aromatic rings. The van der Waals surface area contributed by atoms with Crippen molar-refractivity contribution in [2.75, 3.05) is 20.2 Å². The van der Waals surface area contributed by atoms with E-state index in [-0.39, 0.29) is 17.9 Å². The summed E-state index contributed by atoms with van der Waals surface area (Å²) in [7, 11) is 1.53. The number of carbonyl (C=O) groups excluding carboxylic acids is 2. The summed E-state index contributed by atoms with van der Waals surface area (Å²) in [5.74, 6) is 0.764. The van der Waals surface area contributed by atoms with E-state index in [2.05, 4.69) is 9.97 Å². The molecule has 0 aliphatic carbocycles. The summed E-state index contributed by atoms with van der Waals surface area (Å²) in [6.45, 7) is 3.10. The summed E-state index contributed by atoms with van der Waals surface area (Å²) in [6, 6.07) is 6.53. The topological polar surface area (TPSA) is 88.8 Å². The first-order valence-electron chi connectivity index (χ1n) is 10.6. The SMILES string of the molecule is COc1cc(C(=O)N2CC3CCN3C(=O)C2C)cc2nc(CCc3cc(Cl)ccn3)oc12. The van der Waals surface area contributed by atoms with Crippen molar-refractivity contribution in [1.29, 1.82) is 0 Å². The van der Waals surface area contributed by atoms with Crippen LogP contribution in [0.15, 0.2) is 34.9 Å². The highest BCUT2D eigenvalue weighted by atomic mass is 35.5. The highest BCUT2D eigenvalue weighted by molar-refractivity contribution is 6.30. The van der Waals surface area contributed by atoms with Crippen molar-refractivity contribution in [1.82, 2.24) is 19.8 Å². The summed E-state index contributed by atoms with van der Waals surface area (Å²) in [5.41, 5.74) is 2.31. The molecule has 9 heteroatoms. The van der Waals surface area contributed by atoms with Gasteiger partial charge in [0, 0.05) is 42.0 Å². The molecule has 4 heterocycles. The predicted molar refractivity (Wildman–Crippen MR) is 118 cm³/mol. The smallest absolute Gasteiger partial charge is 0.254 e. The van der Waals surface area contributed by atoms with Gasteiger partial charge >= 0.3 is 0 Å². The Balaban J connectivity index is 1.40. The zero-order valence-electron chi connectivity index (χ0n) is 17.9. The fourth-order valence-corrected chi connectivity index (χ4v) is 4.54. The average Bonchev–Trinajstić information content (AvgIpc) is 3.18. The number of aryl methyl sites for hydroxylation is 2. The van der Waals surface area contributed by atoms with E-state index < -0.39 is 6.04 Å². The van der Waals surface area contributed by atoms with E-state index in [9.17, 15) is 9.59 Å². The molecule has 2 aromatic heterocycles. The number of halogens is 1. The van der Waals surface area contributed by atoms with Crippen molar-refractivity contribution in [2.24, 2.45) is 0 Å². The molecule has 2 aliphatic heterocycles. The van der Waals surface area contributed by atoms with Crippen LogP contribution in [0.3, 0.4) is 0 Å². The number of piperazine rings is 1. The Bertz CT molecular complexity index is 1210. The first-order valence-corrected chi connectivity index (χ1v) is 11.0. The Morgan fingerprint density at radius 1 is 1.31 bits per heavy atom. The Morgan fingerprint density at radius 3 is 2.88 bits per heavy atom. The first-order chi connectivity index (χ1) is 15.4. The zero-order chi connectivity index (χ0) is 22.4. The van der Waals surface area contributed by atoms with E-state index in [0.29, 0.717) is 52.7 Å². The minimum absolute atomic E-state index is 0.00670. The molecule has 0 saturated carbocycles. The third-order valence-electron chi connectivity index (χ3n) is 6.26. The molecule has 2 saturated heterocycles. The van der Waals surface area contributed by atoms with E-state index in [4.69, 9.17) is 20.8 Å².